The molecule has 0 radical (unpaired) electrons. The Balaban J connectivity index is 0.000000567. The molecule has 0 N–H and O–H groups in total. The molecule has 0 fully saturated rings. The fourth-order valence-electron chi connectivity index (χ4n) is 3.35. The topological polar surface area (TPSA) is 57.2 Å². The third kappa shape index (κ3) is 11.8. The van der Waals surface area contributed by atoms with E-state index in [1.165, 1.54) is 94.2 Å². The summed E-state index contributed by atoms with van der Waals surface area (Å²) in [6.45, 7) is 16.8. The minimum atomic E-state index is -4.27. The van der Waals surface area contributed by atoms with E-state index in [0.29, 0.717) is 0 Å². The van der Waals surface area contributed by atoms with Crippen LogP contribution < -0.4 is 0 Å². The van der Waals surface area contributed by atoms with Gasteiger partial charge in [-0.1, -0.05) is 71.1 Å². The number of unbranched alkanes of at least 4 members (excludes halogenated alkanes) is 4. The van der Waals surface area contributed by atoms with E-state index in [-0.39, 0.29) is 4.90 Å². The Morgan fingerprint density at radius 2 is 1.04 bits per heavy atom. The SMILES string of the molecule is CCCC[N+](CCCC)(CCCC)CCCC.Cc1ccc(S(=O)(=O)[O-])cc1. The molecule has 0 unspecified atom stereocenters. The number of aryl methyl sites for hydroxylation is 1. The van der Waals surface area contributed by atoms with E-state index in [0.717, 1.165) is 5.56 Å². The Bertz CT molecular complexity index is 559. The van der Waals surface area contributed by atoms with Crippen molar-refractivity contribution >= 4 is 10.1 Å². The lowest BCUT2D eigenvalue weighted by Gasteiger charge is -2.39. The van der Waals surface area contributed by atoms with Crippen LogP contribution in [0.2, 0.25) is 0 Å². The van der Waals surface area contributed by atoms with Crippen LogP contribution >= 0.6 is 0 Å². The molecule has 5 heteroatoms. The molecule has 0 amide bonds. The molecule has 1 aromatic carbocycles. The highest BCUT2D eigenvalue weighted by Gasteiger charge is 2.24. The zero-order valence-corrected chi connectivity index (χ0v) is 19.7. The standard InChI is InChI=1S/C16H36N.C7H8O3S/c1-5-9-13-17(14-10-6-2,15-11-7-3)16-12-8-4;1-6-2-4-7(5-3-6)11(8,9)10/h5-16H2,1-4H3;2-5H,1H3,(H,8,9,10)/q+1;/p-1. The molecule has 28 heavy (non-hydrogen) atoms. The van der Waals surface area contributed by atoms with Gasteiger partial charge in [-0.05, 0) is 44.7 Å². The number of hydrogen-bond acceptors (Lipinski definition) is 3. The van der Waals surface area contributed by atoms with Crippen molar-refractivity contribution in [1.29, 1.82) is 0 Å². The van der Waals surface area contributed by atoms with Gasteiger partial charge in [0.05, 0.1) is 31.1 Å². The van der Waals surface area contributed by atoms with Gasteiger partial charge in [0.15, 0.2) is 0 Å². The Morgan fingerprint density at radius 3 is 1.29 bits per heavy atom. The monoisotopic (exact) mass is 413 g/mol. The second-order valence-corrected chi connectivity index (χ2v) is 9.30. The van der Waals surface area contributed by atoms with Crippen molar-refractivity contribution in [2.75, 3.05) is 26.2 Å². The Labute approximate surface area is 174 Å². The first-order valence-electron chi connectivity index (χ1n) is 11.1. The van der Waals surface area contributed by atoms with Crippen LogP contribution in [0, 0.1) is 6.92 Å². The predicted molar refractivity (Wildman–Crippen MR) is 119 cm³/mol. The van der Waals surface area contributed by atoms with Crippen LogP contribution in [0.4, 0.5) is 0 Å². The van der Waals surface area contributed by atoms with Crippen molar-refractivity contribution in [3.63, 3.8) is 0 Å². The Kier molecular flexibility index (Phi) is 14.5. The maximum atomic E-state index is 10.4. The number of nitrogens with zero attached hydrogens (tertiary/aromatic N) is 1. The lowest BCUT2D eigenvalue weighted by atomic mass is 10.1. The quantitative estimate of drug-likeness (QED) is 0.299. The van der Waals surface area contributed by atoms with Gasteiger partial charge in [0, 0.05) is 0 Å². The Hall–Kier alpha value is -0.910. The molecule has 0 spiro atoms. The lowest BCUT2D eigenvalue weighted by molar-refractivity contribution is -0.929. The second-order valence-electron chi connectivity index (χ2n) is 7.92. The smallest absolute Gasteiger partial charge is 0.124 e. The molecule has 0 heterocycles. The molecular formula is C23H43NO3S. The van der Waals surface area contributed by atoms with Gasteiger partial charge in [-0.15, -0.1) is 0 Å². The summed E-state index contributed by atoms with van der Waals surface area (Å²) in [6.07, 6.45) is 11.1. The van der Waals surface area contributed by atoms with Crippen LogP contribution in [0.1, 0.15) is 84.6 Å². The first-order chi connectivity index (χ1) is 13.2. The molecule has 0 atom stereocenters. The van der Waals surface area contributed by atoms with Gasteiger partial charge in [0.25, 0.3) is 0 Å². The summed E-state index contributed by atoms with van der Waals surface area (Å²) in [7, 11) is -4.27. The van der Waals surface area contributed by atoms with Crippen molar-refractivity contribution in [2.45, 2.75) is 90.9 Å². The molecule has 0 aromatic heterocycles. The summed E-state index contributed by atoms with van der Waals surface area (Å²) >= 11 is 0. The maximum Gasteiger partial charge on any atom is 0.124 e. The average molecular weight is 414 g/mol. The zero-order chi connectivity index (χ0) is 21.5. The molecule has 0 aliphatic heterocycles. The Morgan fingerprint density at radius 1 is 0.714 bits per heavy atom. The van der Waals surface area contributed by atoms with Gasteiger partial charge in [-0.3, -0.25) is 0 Å². The molecule has 1 aromatic rings. The fraction of sp³-hybridized carbons (Fsp3) is 0.739. The minimum Gasteiger partial charge on any atom is -0.744 e. The van der Waals surface area contributed by atoms with E-state index in [9.17, 15) is 13.0 Å². The van der Waals surface area contributed by atoms with Crippen molar-refractivity contribution < 1.29 is 17.5 Å². The molecule has 1 rings (SSSR count). The molecule has 164 valence electrons. The number of quaternary nitrogens is 1. The molecule has 0 saturated carbocycles. The largest absolute Gasteiger partial charge is 0.744 e. The van der Waals surface area contributed by atoms with Crippen molar-refractivity contribution in [3.05, 3.63) is 29.8 Å². The van der Waals surface area contributed by atoms with Gasteiger partial charge in [-0.2, -0.15) is 0 Å². The third-order valence-electron chi connectivity index (χ3n) is 5.25. The maximum absolute atomic E-state index is 10.4. The predicted octanol–water partition coefficient (Wildman–Crippen LogP) is 5.90. The highest BCUT2D eigenvalue weighted by molar-refractivity contribution is 7.85. The summed E-state index contributed by atoms with van der Waals surface area (Å²) in [4.78, 5) is -0.178. The van der Waals surface area contributed by atoms with Crippen LogP contribution in [-0.4, -0.2) is 43.6 Å². The van der Waals surface area contributed by atoms with Crippen LogP contribution in [0.25, 0.3) is 0 Å². The number of rotatable bonds is 13. The number of benzene rings is 1. The van der Waals surface area contributed by atoms with Crippen LogP contribution in [-0.2, 0) is 10.1 Å². The van der Waals surface area contributed by atoms with E-state index < -0.39 is 10.1 Å². The molecule has 0 aliphatic rings. The second kappa shape index (κ2) is 15.0. The van der Waals surface area contributed by atoms with Gasteiger partial charge in [0.1, 0.15) is 10.1 Å². The van der Waals surface area contributed by atoms with Crippen LogP contribution in [0.5, 0.6) is 0 Å². The highest BCUT2D eigenvalue weighted by atomic mass is 32.2. The first kappa shape index (κ1) is 27.1. The van der Waals surface area contributed by atoms with Gasteiger partial charge < -0.3 is 9.04 Å². The summed E-state index contributed by atoms with van der Waals surface area (Å²) in [5.41, 5.74) is 0.928. The first-order valence-corrected chi connectivity index (χ1v) is 12.5. The molecule has 0 saturated heterocycles. The van der Waals surface area contributed by atoms with E-state index in [2.05, 4.69) is 27.7 Å². The summed E-state index contributed by atoms with van der Waals surface area (Å²) in [5, 5.41) is 0. The molecular weight excluding hydrogens is 370 g/mol. The van der Waals surface area contributed by atoms with Gasteiger partial charge >= 0.3 is 0 Å². The lowest BCUT2D eigenvalue weighted by Crippen LogP contribution is -2.50. The van der Waals surface area contributed by atoms with E-state index >= 15 is 0 Å². The zero-order valence-electron chi connectivity index (χ0n) is 18.9. The van der Waals surface area contributed by atoms with E-state index in [4.69, 9.17) is 0 Å². The van der Waals surface area contributed by atoms with Crippen LogP contribution in [0.3, 0.4) is 0 Å². The summed E-state index contributed by atoms with van der Waals surface area (Å²) in [5.74, 6) is 0. The highest BCUT2D eigenvalue weighted by Crippen LogP contribution is 2.16. The molecule has 0 bridgehead atoms. The molecule has 0 aliphatic carbocycles. The fourth-order valence-corrected chi connectivity index (χ4v) is 3.82. The third-order valence-corrected chi connectivity index (χ3v) is 6.10. The van der Waals surface area contributed by atoms with Crippen molar-refractivity contribution in [1.82, 2.24) is 0 Å². The number of hydrogen-bond donors (Lipinski definition) is 0. The van der Waals surface area contributed by atoms with Crippen LogP contribution in [0.15, 0.2) is 29.2 Å². The molecule has 4 nitrogen and oxygen atoms in total. The summed E-state index contributed by atoms with van der Waals surface area (Å²) < 4.78 is 32.6. The normalized spacial score (nSPS) is 11.8. The summed E-state index contributed by atoms with van der Waals surface area (Å²) in [6, 6.07) is 5.78. The van der Waals surface area contributed by atoms with Crippen molar-refractivity contribution in [2.24, 2.45) is 0 Å². The van der Waals surface area contributed by atoms with Gasteiger partial charge in [-0.25, -0.2) is 8.42 Å². The van der Waals surface area contributed by atoms with Crippen molar-refractivity contribution in [3.8, 4) is 0 Å². The van der Waals surface area contributed by atoms with Gasteiger partial charge in [0.2, 0.25) is 0 Å². The van der Waals surface area contributed by atoms with E-state index in [1.54, 1.807) is 12.1 Å². The minimum absolute atomic E-state index is 0.178. The average Bonchev–Trinajstić information content (AvgIpc) is 2.67. The van der Waals surface area contributed by atoms with E-state index in [1.807, 2.05) is 6.92 Å².